The van der Waals surface area contributed by atoms with Gasteiger partial charge < -0.3 is 15.5 Å². The highest BCUT2D eigenvalue weighted by Gasteiger charge is 2.15. The van der Waals surface area contributed by atoms with Crippen molar-refractivity contribution >= 4 is 23.2 Å². The lowest BCUT2D eigenvalue weighted by molar-refractivity contribution is -0.384. The number of nitro benzene ring substituents is 1. The summed E-state index contributed by atoms with van der Waals surface area (Å²) in [5.41, 5.74) is 0.517. The van der Waals surface area contributed by atoms with Gasteiger partial charge in [-0.2, -0.15) is 0 Å². The Labute approximate surface area is 136 Å². The van der Waals surface area contributed by atoms with Gasteiger partial charge in [-0.3, -0.25) is 14.9 Å². The highest BCUT2D eigenvalue weighted by atomic mass is 35.5. The topological polar surface area (TPSA) is 113 Å². The maximum Gasteiger partial charge on any atom is 0.270 e. The van der Waals surface area contributed by atoms with Crippen molar-refractivity contribution < 1.29 is 19.9 Å². The molecule has 0 fully saturated rings. The Kier molecular flexibility index (Phi) is 5.02. The van der Waals surface area contributed by atoms with Gasteiger partial charge >= 0.3 is 0 Å². The molecule has 2 rings (SSSR count). The number of amides is 1. The third-order valence-electron chi connectivity index (χ3n) is 3.14. The number of benzene rings is 2. The lowest BCUT2D eigenvalue weighted by Crippen LogP contribution is -2.26. The quantitative estimate of drug-likeness (QED) is 0.441. The van der Waals surface area contributed by atoms with Crippen LogP contribution >= 0.6 is 11.6 Å². The first kappa shape index (κ1) is 16.6. The van der Waals surface area contributed by atoms with Crippen LogP contribution < -0.4 is 5.32 Å². The van der Waals surface area contributed by atoms with E-state index in [1.807, 2.05) is 0 Å². The lowest BCUT2D eigenvalue weighted by atomic mass is 10.1. The van der Waals surface area contributed by atoms with Gasteiger partial charge in [-0.05, 0) is 30.2 Å². The molecule has 0 aliphatic rings. The number of carbonyl (C=O) groups is 1. The molecular formula is C15H13ClN2O5. The fourth-order valence-electron chi connectivity index (χ4n) is 1.94. The van der Waals surface area contributed by atoms with Crippen molar-refractivity contribution in [2.24, 2.45) is 0 Å². The number of phenols is 2. The van der Waals surface area contributed by atoms with Gasteiger partial charge in [0.05, 0.1) is 15.5 Å². The van der Waals surface area contributed by atoms with E-state index in [4.69, 9.17) is 11.6 Å². The summed E-state index contributed by atoms with van der Waals surface area (Å²) in [5.74, 6) is -0.988. The van der Waals surface area contributed by atoms with Crippen molar-refractivity contribution in [3.63, 3.8) is 0 Å². The van der Waals surface area contributed by atoms with Crippen LogP contribution in [0.3, 0.4) is 0 Å². The van der Waals surface area contributed by atoms with Crippen LogP contribution in [0.4, 0.5) is 5.69 Å². The third kappa shape index (κ3) is 4.10. The molecule has 2 aromatic rings. The second-order valence-corrected chi connectivity index (χ2v) is 5.16. The summed E-state index contributed by atoms with van der Waals surface area (Å²) in [5, 5.41) is 32.1. The Bertz CT molecular complexity index is 764. The number of halogens is 1. The van der Waals surface area contributed by atoms with E-state index >= 15 is 0 Å². The molecule has 23 heavy (non-hydrogen) atoms. The van der Waals surface area contributed by atoms with Crippen LogP contribution in [0.1, 0.15) is 15.9 Å². The number of nitrogens with one attached hydrogen (secondary N) is 1. The van der Waals surface area contributed by atoms with E-state index in [1.54, 1.807) is 6.07 Å². The minimum Gasteiger partial charge on any atom is -0.504 e. The zero-order chi connectivity index (χ0) is 17.0. The molecule has 0 radical (unpaired) electrons. The molecule has 7 nitrogen and oxygen atoms in total. The molecular weight excluding hydrogens is 324 g/mol. The number of rotatable bonds is 5. The number of nitrogens with zero attached hydrogens (tertiary/aromatic N) is 1. The molecule has 0 atom stereocenters. The highest BCUT2D eigenvalue weighted by Crippen LogP contribution is 2.25. The minimum atomic E-state index is -0.605. The summed E-state index contributed by atoms with van der Waals surface area (Å²) >= 11 is 5.89. The maximum absolute atomic E-state index is 12.0. The predicted molar refractivity (Wildman–Crippen MR) is 83.9 cm³/mol. The van der Waals surface area contributed by atoms with E-state index in [0.717, 1.165) is 6.07 Å². The normalized spacial score (nSPS) is 10.3. The molecule has 0 aliphatic carbocycles. The van der Waals surface area contributed by atoms with E-state index < -0.39 is 10.8 Å². The van der Waals surface area contributed by atoms with Gasteiger partial charge in [0.25, 0.3) is 11.6 Å². The first-order valence-corrected chi connectivity index (χ1v) is 6.99. The van der Waals surface area contributed by atoms with Crippen molar-refractivity contribution in [1.82, 2.24) is 5.32 Å². The number of hydrogen-bond acceptors (Lipinski definition) is 5. The number of hydrogen-bond donors (Lipinski definition) is 3. The standard InChI is InChI=1S/C15H13ClN2O5/c16-12-3-2-10(18(22)23)8-11(12)15(21)17-6-5-9-1-4-13(19)14(20)7-9/h1-4,7-8,19-20H,5-6H2,(H,17,21). The van der Waals surface area contributed by atoms with Crippen molar-refractivity contribution in [2.45, 2.75) is 6.42 Å². The average Bonchev–Trinajstić information content (AvgIpc) is 2.51. The molecule has 3 N–H and O–H groups in total. The van der Waals surface area contributed by atoms with Gasteiger partial charge in [0.15, 0.2) is 11.5 Å². The summed E-state index contributed by atoms with van der Waals surface area (Å²) in [4.78, 5) is 22.2. The van der Waals surface area contributed by atoms with Crippen LogP contribution in [0.15, 0.2) is 36.4 Å². The molecule has 0 spiro atoms. The monoisotopic (exact) mass is 336 g/mol. The molecule has 0 heterocycles. The van der Waals surface area contributed by atoms with Crippen molar-refractivity contribution in [3.8, 4) is 11.5 Å². The van der Waals surface area contributed by atoms with Gasteiger partial charge in [-0.25, -0.2) is 0 Å². The van der Waals surface area contributed by atoms with E-state index in [1.165, 1.54) is 24.3 Å². The number of carbonyl (C=O) groups excluding carboxylic acids is 1. The Morgan fingerprint density at radius 2 is 1.91 bits per heavy atom. The summed E-state index contributed by atoms with van der Waals surface area (Å²) in [6.07, 6.45) is 0.409. The smallest absolute Gasteiger partial charge is 0.270 e. The van der Waals surface area contributed by atoms with E-state index in [9.17, 15) is 25.1 Å². The number of phenolic OH excluding ortho intramolecular Hbond substituents is 2. The molecule has 0 unspecified atom stereocenters. The van der Waals surface area contributed by atoms with Crippen LogP contribution in [0.5, 0.6) is 11.5 Å². The zero-order valence-corrected chi connectivity index (χ0v) is 12.6. The number of non-ortho nitro benzene ring substituents is 1. The Morgan fingerprint density at radius 1 is 1.17 bits per heavy atom. The average molecular weight is 337 g/mol. The number of aromatic hydroxyl groups is 2. The summed E-state index contributed by atoms with van der Waals surface area (Å²) in [6, 6.07) is 7.99. The third-order valence-corrected chi connectivity index (χ3v) is 3.47. The van der Waals surface area contributed by atoms with Crippen LogP contribution in [0, 0.1) is 10.1 Å². The lowest BCUT2D eigenvalue weighted by Gasteiger charge is -2.07. The molecule has 2 aromatic carbocycles. The molecule has 1 amide bonds. The van der Waals surface area contributed by atoms with Crippen LogP contribution in [0.25, 0.3) is 0 Å². The summed E-state index contributed by atoms with van der Waals surface area (Å²) < 4.78 is 0. The summed E-state index contributed by atoms with van der Waals surface area (Å²) in [6.45, 7) is 0.238. The Morgan fingerprint density at radius 3 is 2.57 bits per heavy atom. The van der Waals surface area contributed by atoms with Crippen molar-refractivity contribution in [1.29, 1.82) is 0 Å². The highest BCUT2D eigenvalue weighted by molar-refractivity contribution is 6.33. The van der Waals surface area contributed by atoms with Gasteiger partial charge in [-0.1, -0.05) is 17.7 Å². The van der Waals surface area contributed by atoms with Crippen LogP contribution in [0.2, 0.25) is 5.02 Å². The van der Waals surface area contributed by atoms with Crippen LogP contribution in [-0.2, 0) is 6.42 Å². The first-order chi connectivity index (χ1) is 10.9. The van der Waals surface area contributed by atoms with Gasteiger partial charge in [-0.15, -0.1) is 0 Å². The molecule has 0 saturated heterocycles. The maximum atomic E-state index is 12.0. The summed E-state index contributed by atoms with van der Waals surface area (Å²) in [7, 11) is 0. The Hall–Kier alpha value is -2.80. The predicted octanol–water partition coefficient (Wildman–Crippen LogP) is 2.63. The largest absolute Gasteiger partial charge is 0.504 e. The van der Waals surface area contributed by atoms with Crippen molar-refractivity contribution in [3.05, 3.63) is 62.7 Å². The fraction of sp³-hybridized carbons (Fsp3) is 0.133. The van der Waals surface area contributed by atoms with Crippen LogP contribution in [-0.4, -0.2) is 27.6 Å². The molecule has 8 heteroatoms. The first-order valence-electron chi connectivity index (χ1n) is 6.61. The second-order valence-electron chi connectivity index (χ2n) is 4.75. The second kappa shape index (κ2) is 6.97. The van der Waals surface area contributed by atoms with Gasteiger partial charge in [0.1, 0.15) is 0 Å². The molecule has 0 bridgehead atoms. The SMILES string of the molecule is O=C(NCCc1ccc(O)c(O)c1)c1cc([N+](=O)[O-])ccc1Cl. The molecule has 0 aliphatic heterocycles. The zero-order valence-electron chi connectivity index (χ0n) is 11.8. The minimum absolute atomic E-state index is 0.0226. The molecule has 0 aromatic heterocycles. The molecule has 120 valence electrons. The Balaban J connectivity index is 2.01. The van der Waals surface area contributed by atoms with E-state index in [-0.39, 0.29) is 34.3 Å². The van der Waals surface area contributed by atoms with Crippen molar-refractivity contribution in [2.75, 3.05) is 6.54 Å². The van der Waals surface area contributed by atoms with E-state index in [2.05, 4.69) is 5.32 Å². The van der Waals surface area contributed by atoms with Gasteiger partial charge in [0.2, 0.25) is 0 Å². The van der Waals surface area contributed by atoms with E-state index in [0.29, 0.717) is 12.0 Å². The van der Waals surface area contributed by atoms with Gasteiger partial charge in [0, 0.05) is 18.7 Å². The number of nitro groups is 1. The fourth-order valence-corrected chi connectivity index (χ4v) is 2.14. The molecule has 0 saturated carbocycles.